The van der Waals surface area contributed by atoms with Crippen LogP contribution in [0.2, 0.25) is 0 Å². The van der Waals surface area contributed by atoms with Gasteiger partial charge in [0.15, 0.2) is 0 Å². The third-order valence-corrected chi connectivity index (χ3v) is 5.98. The number of aliphatic hydroxyl groups excluding tert-OH is 1. The summed E-state index contributed by atoms with van der Waals surface area (Å²) in [6.45, 7) is 0.0844. The van der Waals surface area contributed by atoms with Crippen LogP contribution in [-0.4, -0.2) is 43.8 Å². The van der Waals surface area contributed by atoms with Crippen LogP contribution < -0.4 is 9.46 Å². The monoisotopic (exact) mass is 438 g/mol. The summed E-state index contributed by atoms with van der Waals surface area (Å²) in [5.41, 5.74) is 2.56. The molecule has 0 saturated heterocycles. The molecule has 0 fully saturated rings. The fourth-order valence-corrected chi connectivity index (χ4v) is 4.12. The summed E-state index contributed by atoms with van der Waals surface area (Å²) in [5.74, 6) is 1.01. The van der Waals surface area contributed by atoms with Gasteiger partial charge in [0.1, 0.15) is 17.6 Å². The van der Waals surface area contributed by atoms with Gasteiger partial charge in [0.2, 0.25) is 10.0 Å². The van der Waals surface area contributed by atoms with Gasteiger partial charge in [-0.3, -0.25) is 0 Å². The van der Waals surface area contributed by atoms with Crippen molar-refractivity contribution in [2.45, 2.75) is 17.7 Å². The molecular formula is C22H22N4O4S. The van der Waals surface area contributed by atoms with Crippen LogP contribution >= 0.6 is 0 Å². The molecule has 0 amide bonds. The van der Waals surface area contributed by atoms with Crippen LogP contribution in [0, 0.1) is 11.3 Å². The van der Waals surface area contributed by atoms with Crippen molar-refractivity contribution in [3.05, 3.63) is 71.7 Å². The lowest BCUT2D eigenvalue weighted by atomic mass is 10.1. The SMILES string of the molecule is COc1ccc(-c2ccnc(Cc3cccc(S(=O)(=O)NCCCO)c3)n2)cc1C#N. The van der Waals surface area contributed by atoms with Gasteiger partial charge in [0.25, 0.3) is 0 Å². The summed E-state index contributed by atoms with van der Waals surface area (Å²) in [4.78, 5) is 9.01. The summed E-state index contributed by atoms with van der Waals surface area (Å²) >= 11 is 0. The maximum Gasteiger partial charge on any atom is 0.240 e. The first-order chi connectivity index (χ1) is 15.0. The minimum Gasteiger partial charge on any atom is -0.495 e. The van der Waals surface area contributed by atoms with Crippen molar-refractivity contribution in [2.75, 3.05) is 20.3 Å². The average molecular weight is 439 g/mol. The van der Waals surface area contributed by atoms with E-state index in [9.17, 15) is 13.7 Å². The number of nitriles is 1. The van der Waals surface area contributed by atoms with Gasteiger partial charge in [-0.25, -0.2) is 23.1 Å². The molecule has 1 aromatic heterocycles. The molecule has 3 rings (SSSR count). The van der Waals surface area contributed by atoms with Gasteiger partial charge in [-0.2, -0.15) is 5.26 Å². The van der Waals surface area contributed by atoms with Crippen molar-refractivity contribution in [1.29, 1.82) is 5.26 Å². The summed E-state index contributed by atoms with van der Waals surface area (Å²) in [6.07, 6.45) is 2.32. The Morgan fingerprint density at radius 1 is 1.19 bits per heavy atom. The van der Waals surface area contributed by atoms with Crippen LogP contribution in [0.15, 0.2) is 59.6 Å². The molecule has 0 aliphatic carbocycles. The first-order valence-corrected chi connectivity index (χ1v) is 11.0. The van der Waals surface area contributed by atoms with Crippen molar-refractivity contribution < 1.29 is 18.3 Å². The molecule has 2 aromatic carbocycles. The fourth-order valence-electron chi connectivity index (χ4n) is 2.97. The number of benzene rings is 2. The molecular weight excluding hydrogens is 416 g/mol. The summed E-state index contributed by atoms with van der Waals surface area (Å²) in [6, 6.07) is 15.7. The van der Waals surface area contributed by atoms with E-state index in [0.717, 1.165) is 11.1 Å². The van der Waals surface area contributed by atoms with E-state index in [2.05, 4.69) is 20.8 Å². The van der Waals surface area contributed by atoms with Crippen molar-refractivity contribution in [2.24, 2.45) is 0 Å². The van der Waals surface area contributed by atoms with Gasteiger partial charge in [-0.05, 0) is 48.4 Å². The van der Waals surface area contributed by atoms with Crippen LogP contribution in [0.5, 0.6) is 5.75 Å². The number of methoxy groups -OCH3 is 1. The standard InChI is InChI=1S/C22H22N4O4S/c1-30-21-7-6-17(14-18(21)15-23)20-8-10-24-22(26-20)13-16-4-2-5-19(12-16)31(28,29)25-9-3-11-27/h2,4-8,10,12,14,25,27H,3,9,11,13H2,1H3. The molecule has 2 N–H and O–H groups in total. The molecule has 1 heterocycles. The number of ether oxygens (including phenoxy) is 1. The number of hydrogen-bond acceptors (Lipinski definition) is 7. The molecule has 31 heavy (non-hydrogen) atoms. The summed E-state index contributed by atoms with van der Waals surface area (Å²) in [7, 11) is -2.15. The second-order valence-corrected chi connectivity index (χ2v) is 8.45. The highest BCUT2D eigenvalue weighted by molar-refractivity contribution is 7.89. The Morgan fingerprint density at radius 2 is 2.03 bits per heavy atom. The minimum absolute atomic E-state index is 0.0830. The van der Waals surface area contributed by atoms with Crippen LogP contribution in [0.3, 0.4) is 0 Å². The molecule has 0 aliphatic heterocycles. The molecule has 8 nitrogen and oxygen atoms in total. The molecule has 160 valence electrons. The molecule has 0 aliphatic rings. The number of sulfonamides is 1. The summed E-state index contributed by atoms with van der Waals surface area (Å²) in [5, 5.41) is 18.1. The van der Waals surface area contributed by atoms with Crippen LogP contribution in [0.1, 0.15) is 23.4 Å². The van der Waals surface area contributed by atoms with Gasteiger partial charge in [0, 0.05) is 31.3 Å². The number of nitrogens with zero attached hydrogens (tertiary/aromatic N) is 3. The normalized spacial score (nSPS) is 11.1. The predicted octanol–water partition coefficient (Wildman–Crippen LogP) is 2.28. The number of aliphatic hydroxyl groups is 1. The Balaban J connectivity index is 1.83. The first-order valence-electron chi connectivity index (χ1n) is 9.56. The maximum absolute atomic E-state index is 12.4. The average Bonchev–Trinajstić information content (AvgIpc) is 2.79. The highest BCUT2D eigenvalue weighted by Gasteiger charge is 2.14. The van der Waals surface area contributed by atoms with E-state index < -0.39 is 10.0 Å². The topological polar surface area (TPSA) is 125 Å². The lowest BCUT2D eigenvalue weighted by Crippen LogP contribution is -2.25. The Kier molecular flexibility index (Phi) is 7.31. The van der Waals surface area contributed by atoms with Crippen LogP contribution in [0.25, 0.3) is 11.3 Å². The largest absolute Gasteiger partial charge is 0.495 e. The van der Waals surface area contributed by atoms with Gasteiger partial charge in [-0.1, -0.05) is 12.1 Å². The number of aromatic nitrogens is 2. The van der Waals surface area contributed by atoms with Crippen molar-refractivity contribution in [3.8, 4) is 23.1 Å². The van der Waals surface area contributed by atoms with Crippen LogP contribution in [-0.2, 0) is 16.4 Å². The third kappa shape index (κ3) is 5.64. The molecule has 9 heteroatoms. The van der Waals surface area contributed by atoms with E-state index in [4.69, 9.17) is 9.84 Å². The van der Waals surface area contributed by atoms with E-state index in [1.165, 1.54) is 13.2 Å². The van der Waals surface area contributed by atoms with E-state index in [1.54, 1.807) is 36.5 Å². The molecule has 0 atom stereocenters. The van der Waals surface area contributed by atoms with Crippen molar-refractivity contribution in [3.63, 3.8) is 0 Å². The van der Waals surface area contributed by atoms with Gasteiger partial charge in [0.05, 0.1) is 23.3 Å². The van der Waals surface area contributed by atoms with E-state index in [0.29, 0.717) is 35.7 Å². The molecule has 0 bridgehead atoms. The molecule has 0 spiro atoms. The lowest BCUT2D eigenvalue weighted by Gasteiger charge is -2.09. The second kappa shape index (κ2) is 10.1. The Hall–Kier alpha value is -3.32. The first kappa shape index (κ1) is 22.4. The minimum atomic E-state index is -3.66. The third-order valence-electron chi connectivity index (χ3n) is 4.52. The molecule has 3 aromatic rings. The van der Waals surface area contributed by atoms with E-state index >= 15 is 0 Å². The zero-order valence-corrected chi connectivity index (χ0v) is 17.8. The molecule has 0 saturated carbocycles. The fraction of sp³-hybridized carbons (Fsp3) is 0.227. The second-order valence-electron chi connectivity index (χ2n) is 6.68. The number of hydrogen-bond donors (Lipinski definition) is 2. The molecule has 0 radical (unpaired) electrons. The zero-order chi connectivity index (χ0) is 22.3. The number of rotatable bonds is 9. The van der Waals surface area contributed by atoms with E-state index in [1.807, 2.05) is 12.1 Å². The van der Waals surface area contributed by atoms with Crippen LogP contribution in [0.4, 0.5) is 0 Å². The highest BCUT2D eigenvalue weighted by Crippen LogP contribution is 2.25. The van der Waals surface area contributed by atoms with Crippen molar-refractivity contribution >= 4 is 10.0 Å². The smallest absolute Gasteiger partial charge is 0.240 e. The van der Waals surface area contributed by atoms with Crippen molar-refractivity contribution in [1.82, 2.24) is 14.7 Å². The Labute approximate surface area is 181 Å². The Bertz CT molecular complexity index is 1210. The number of nitrogens with one attached hydrogen (secondary N) is 1. The maximum atomic E-state index is 12.4. The highest BCUT2D eigenvalue weighted by atomic mass is 32.2. The molecule has 0 unspecified atom stereocenters. The van der Waals surface area contributed by atoms with E-state index in [-0.39, 0.29) is 18.0 Å². The lowest BCUT2D eigenvalue weighted by molar-refractivity contribution is 0.289. The quantitative estimate of drug-likeness (QED) is 0.491. The van der Waals surface area contributed by atoms with Gasteiger partial charge >= 0.3 is 0 Å². The predicted molar refractivity (Wildman–Crippen MR) is 115 cm³/mol. The van der Waals surface area contributed by atoms with Gasteiger partial charge in [-0.15, -0.1) is 0 Å². The Morgan fingerprint density at radius 3 is 2.77 bits per heavy atom. The van der Waals surface area contributed by atoms with Gasteiger partial charge < -0.3 is 9.84 Å². The summed E-state index contributed by atoms with van der Waals surface area (Å²) < 4.78 is 32.4. The zero-order valence-electron chi connectivity index (χ0n) is 16.9.